The Morgan fingerprint density at radius 3 is 2.89 bits per heavy atom. The zero-order chi connectivity index (χ0) is 13.2. The molecule has 0 unspecified atom stereocenters. The molecule has 2 rings (SSSR count). The fourth-order valence-corrected chi connectivity index (χ4v) is 2.83. The number of aromatic nitrogens is 1. The van der Waals surface area contributed by atoms with E-state index >= 15 is 0 Å². The summed E-state index contributed by atoms with van der Waals surface area (Å²) in [6, 6.07) is 6.78. The molecular formula is C14H17FN2S. The van der Waals surface area contributed by atoms with Crippen molar-refractivity contribution in [2.75, 3.05) is 5.75 Å². The molecule has 0 aliphatic heterocycles. The maximum Gasteiger partial charge on any atom is 0.124 e. The minimum Gasteiger partial charge on any atom is -0.325 e. The van der Waals surface area contributed by atoms with Crippen molar-refractivity contribution < 1.29 is 4.39 Å². The quantitative estimate of drug-likeness (QED) is 0.920. The van der Waals surface area contributed by atoms with E-state index in [1.165, 1.54) is 6.07 Å². The molecule has 0 bridgehead atoms. The Balaban J connectivity index is 2.22. The van der Waals surface area contributed by atoms with Gasteiger partial charge in [-0.15, -0.1) is 0 Å². The van der Waals surface area contributed by atoms with Crippen LogP contribution in [0, 0.1) is 5.82 Å². The smallest absolute Gasteiger partial charge is 0.124 e. The van der Waals surface area contributed by atoms with Gasteiger partial charge in [0.15, 0.2) is 0 Å². The van der Waals surface area contributed by atoms with Gasteiger partial charge in [0.2, 0.25) is 0 Å². The summed E-state index contributed by atoms with van der Waals surface area (Å²) in [6.45, 7) is 3.98. The molecule has 0 atom stereocenters. The second kappa shape index (κ2) is 5.24. The first-order valence-corrected chi connectivity index (χ1v) is 7.01. The summed E-state index contributed by atoms with van der Waals surface area (Å²) in [5.74, 6) is 1.35. The summed E-state index contributed by atoms with van der Waals surface area (Å²) >= 11 is 1.71. The number of hydrogen-bond acceptors (Lipinski definition) is 3. The molecule has 1 heterocycles. The van der Waals surface area contributed by atoms with Crippen LogP contribution in [0.3, 0.4) is 0 Å². The Morgan fingerprint density at radius 1 is 1.39 bits per heavy atom. The molecule has 1 aromatic heterocycles. The molecule has 2 nitrogen and oxygen atoms in total. The zero-order valence-electron chi connectivity index (χ0n) is 10.6. The zero-order valence-corrected chi connectivity index (χ0v) is 11.4. The average Bonchev–Trinajstić information content (AvgIpc) is 2.27. The van der Waals surface area contributed by atoms with Gasteiger partial charge in [0, 0.05) is 28.6 Å². The number of thioether (sulfide) groups is 1. The lowest BCUT2D eigenvalue weighted by Crippen LogP contribution is -2.34. The summed E-state index contributed by atoms with van der Waals surface area (Å²) < 4.78 is 13.5. The predicted molar refractivity (Wildman–Crippen MR) is 76.1 cm³/mol. The number of hydrogen-bond donors (Lipinski definition) is 1. The molecule has 96 valence electrons. The predicted octanol–water partition coefficient (Wildman–Crippen LogP) is 3.34. The lowest BCUT2D eigenvalue weighted by Gasteiger charge is -2.17. The van der Waals surface area contributed by atoms with Crippen LogP contribution in [0.4, 0.5) is 4.39 Å². The number of pyridine rings is 1. The highest BCUT2D eigenvalue weighted by molar-refractivity contribution is 7.98. The molecule has 1 aromatic carbocycles. The highest BCUT2D eigenvalue weighted by Gasteiger charge is 2.11. The molecule has 0 fully saturated rings. The molecule has 0 amide bonds. The van der Waals surface area contributed by atoms with Crippen molar-refractivity contribution in [2.24, 2.45) is 5.73 Å². The van der Waals surface area contributed by atoms with Crippen molar-refractivity contribution in [3.8, 4) is 0 Å². The molecule has 0 aliphatic rings. The Kier molecular flexibility index (Phi) is 3.88. The molecule has 4 heteroatoms. The van der Waals surface area contributed by atoms with Crippen LogP contribution in [0.2, 0.25) is 0 Å². The Morgan fingerprint density at radius 2 is 2.17 bits per heavy atom. The fourth-order valence-electron chi connectivity index (χ4n) is 1.76. The third-order valence-corrected chi connectivity index (χ3v) is 3.94. The van der Waals surface area contributed by atoms with E-state index in [0.29, 0.717) is 0 Å². The van der Waals surface area contributed by atoms with Crippen LogP contribution in [-0.4, -0.2) is 16.3 Å². The second-order valence-electron chi connectivity index (χ2n) is 5.12. The molecule has 18 heavy (non-hydrogen) atoms. The summed E-state index contributed by atoms with van der Waals surface area (Å²) in [7, 11) is 0. The first-order chi connectivity index (χ1) is 8.46. The van der Waals surface area contributed by atoms with E-state index in [9.17, 15) is 4.39 Å². The lowest BCUT2D eigenvalue weighted by molar-refractivity contribution is 0.591. The van der Waals surface area contributed by atoms with E-state index < -0.39 is 0 Å². The van der Waals surface area contributed by atoms with Crippen LogP contribution in [0.5, 0.6) is 0 Å². The maximum atomic E-state index is 13.5. The molecule has 0 saturated heterocycles. The molecule has 0 radical (unpaired) electrons. The summed E-state index contributed by atoms with van der Waals surface area (Å²) in [4.78, 5) is 4.33. The average molecular weight is 264 g/mol. The van der Waals surface area contributed by atoms with Crippen molar-refractivity contribution in [1.29, 1.82) is 0 Å². The summed E-state index contributed by atoms with van der Waals surface area (Å²) in [5.41, 5.74) is 7.53. The van der Waals surface area contributed by atoms with Gasteiger partial charge in [0.1, 0.15) is 5.82 Å². The van der Waals surface area contributed by atoms with Crippen molar-refractivity contribution in [3.63, 3.8) is 0 Å². The van der Waals surface area contributed by atoms with E-state index in [0.717, 1.165) is 28.0 Å². The van der Waals surface area contributed by atoms with Crippen molar-refractivity contribution in [1.82, 2.24) is 4.98 Å². The maximum absolute atomic E-state index is 13.5. The first kappa shape index (κ1) is 13.3. The monoisotopic (exact) mass is 264 g/mol. The SMILES string of the molecule is CC(C)(N)CSCc1cc(F)cc2cccnc12. The fraction of sp³-hybridized carbons (Fsp3) is 0.357. The number of benzene rings is 1. The van der Waals surface area contributed by atoms with Crippen molar-refractivity contribution in [2.45, 2.75) is 25.1 Å². The molecule has 0 saturated carbocycles. The topological polar surface area (TPSA) is 38.9 Å². The van der Waals surface area contributed by atoms with Crippen molar-refractivity contribution >= 4 is 22.7 Å². The van der Waals surface area contributed by atoms with E-state index in [2.05, 4.69) is 4.98 Å². The third kappa shape index (κ3) is 3.43. The number of nitrogens with zero attached hydrogens (tertiary/aromatic N) is 1. The lowest BCUT2D eigenvalue weighted by atomic mass is 10.1. The largest absolute Gasteiger partial charge is 0.325 e. The van der Waals surface area contributed by atoms with Crippen LogP contribution in [0.15, 0.2) is 30.5 Å². The van der Waals surface area contributed by atoms with Gasteiger partial charge in [-0.1, -0.05) is 6.07 Å². The van der Waals surface area contributed by atoms with Crippen LogP contribution in [-0.2, 0) is 5.75 Å². The van der Waals surface area contributed by atoms with Crippen LogP contribution < -0.4 is 5.73 Å². The normalized spacial score (nSPS) is 12.0. The van der Waals surface area contributed by atoms with Gasteiger partial charge in [-0.2, -0.15) is 11.8 Å². The van der Waals surface area contributed by atoms with E-state index in [1.54, 1.807) is 24.0 Å². The molecular weight excluding hydrogens is 247 g/mol. The summed E-state index contributed by atoms with van der Waals surface area (Å²) in [6.07, 6.45) is 1.74. The van der Waals surface area contributed by atoms with Gasteiger partial charge in [-0.25, -0.2) is 4.39 Å². The van der Waals surface area contributed by atoms with Gasteiger partial charge in [0.25, 0.3) is 0 Å². The Bertz CT molecular complexity index is 549. The summed E-state index contributed by atoms with van der Waals surface area (Å²) in [5, 5.41) is 0.847. The highest BCUT2D eigenvalue weighted by Crippen LogP contribution is 2.23. The Labute approximate surface area is 111 Å². The second-order valence-corrected chi connectivity index (χ2v) is 6.11. The highest BCUT2D eigenvalue weighted by atomic mass is 32.2. The van der Waals surface area contributed by atoms with Gasteiger partial charge in [-0.3, -0.25) is 4.98 Å². The van der Waals surface area contributed by atoms with Gasteiger partial charge < -0.3 is 5.73 Å². The van der Waals surface area contributed by atoms with E-state index in [-0.39, 0.29) is 11.4 Å². The van der Waals surface area contributed by atoms with Gasteiger partial charge in [0.05, 0.1) is 5.52 Å². The van der Waals surface area contributed by atoms with Crippen LogP contribution >= 0.6 is 11.8 Å². The molecule has 0 spiro atoms. The third-order valence-electron chi connectivity index (χ3n) is 2.48. The standard InChI is InChI=1S/C14H17FN2S/c1-14(2,16)9-18-8-11-7-12(15)6-10-4-3-5-17-13(10)11/h3-7H,8-9,16H2,1-2H3. The van der Waals surface area contributed by atoms with Crippen molar-refractivity contribution in [3.05, 3.63) is 41.8 Å². The number of rotatable bonds is 4. The minimum absolute atomic E-state index is 0.207. The first-order valence-electron chi connectivity index (χ1n) is 5.85. The number of fused-ring (bicyclic) bond motifs is 1. The minimum atomic E-state index is -0.210. The van der Waals surface area contributed by atoms with Crippen LogP contribution in [0.1, 0.15) is 19.4 Å². The molecule has 2 N–H and O–H groups in total. The number of halogens is 1. The van der Waals surface area contributed by atoms with Gasteiger partial charge >= 0.3 is 0 Å². The van der Waals surface area contributed by atoms with Crippen LogP contribution in [0.25, 0.3) is 10.9 Å². The van der Waals surface area contributed by atoms with E-state index in [1.807, 2.05) is 26.0 Å². The molecule has 2 aromatic rings. The number of nitrogens with two attached hydrogens (primary N) is 1. The Hall–Kier alpha value is -1.13. The van der Waals surface area contributed by atoms with E-state index in [4.69, 9.17) is 5.73 Å². The molecule has 0 aliphatic carbocycles. The van der Waals surface area contributed by atoms with Gasteiger partial charge in [-0.05, 0) is 37.6 Å².